The number of hydrogen-bond donors (Lipinski definition) is 1. The zero-order valence-corrected chi connectivity index (χ0v) is 13.1. The highest BCUT2D eigenvalue weighted by Gasteiger charge is 2.05. The smallest absolute Gasteiger partial charge is 0.0187 e. The van der Waals surface area contributed by atoms with E-state index in [4.69, 9.17) is 5.73 Å². The third-order valence-corrected chi connectivity index (χ3v) is 3.96. The van der Waals surface area contributed by atoms with E-state index in [0.717, 1.165) is 6.54 Å². The molecule has 0 aromatic rings. The first kappa shape index (κ1) is 17.9. The third-order valence-electron chi connectivity index (χ3n) is 3.96. The van der Waals surface area contributed by atoms with Crippen LogP contribution in [0.2, 0.25) is 0 Å². The molecule has 1 unspecified atom stereocenters. The molecule has 0 radical (unpaired) electrons. The highest BCUT2D eigenvalue weighted by molar-refractivity contribution is 4.63. The molecule has 0 rings (SSSR count). The standard InChI is InChI=1S/C16H36N2/c1-4-5-6-7-8-9-10-11-12-13-14-18(3)16(2)15-17/h16H,4-15,17H2,1-3H3. The molecule has 0 fully saturated rings. The molecule has 0 saturated heterocycles. The Hall–Kier alpha value is -0.0800. The minimum atomic E-state index is 0.531. The summed E-state index contributed by atoms with van der Waals surface area (Å²) in [5, 5.41) is 0. The number of nitrogens with zero attached hydrogens (tertiary/aromatic N) is 1. The Morgan fingerprint density at radius 1 is 0.833 bits per heavy atom. The quantitative estimate of drug-likeness (QED) is 0.501. The Bertz CT molecular complexity index is 159. The Kier molecular flexibility index (Phi) is 13.3. The molecule has 0 aliphatic carbocycles. The van der Waals surface area contributed by atoms with Gasteiger partial charge in [0.15, 0.2) is 0 Å². The molecule has 0 aliphatic heterocycles. The molecule has 0 aliphatic rings. The highest BCUT2D eigenvalue weighted by Crippen LogP contribution is 2.10. The van der Waals surface area contributed by atoms with Gasteiger partial charge in [0, 0.05) is 12.6 Å². The Labute approximate surface area is 115 Å². The first-order chi connectivity index (χ1) is 8.72. The first-order valence-corrected chi connectivity index (χ1v) is 8.12. The average Bonchev–Trinajstić information content (AvgIpc) is 2.39. The second-order valence-electron chi connectivity index (χ2n) is 5.75. The van der Waals surface area contributed by atoms with Crippen LogP contribution in [-0.2, 0) is 0 Å². The van der Waals surface area contributed by atoms with Crippen molar-refractivity contribution in [2.24, 2.45) is 5.73 Å². The number of rotatable bonds is 13. The molecule has 0 amide bonds. The highest BCUT2D eigenvalue weighted by atomic mass is 15.1. The van der Waals surface area contributed by atoms with E-state index in [1.54, 1.807) is 0 Å². The molecule has 2 N–H and O–H groups in total. The van der Waals surface area contributed by atoms with Gasteiger partial charge < -0.3 is 10.6 Å². The summed E-state index contributed by atoms with van der Waals surface area (Å²) in [7, 11) is 2.19. The minimum Gasteiger partial charge on any atom is -0.329 e. The molecule has 110 valence electrons. The predicted octanol–water partition coefficient (Wildman–Crippen LogP) is 4.19. The lowest BCUT2D eigenvalue weighted by molar-refractivity contribution is 0.256. The fourth-order valence-electron chi connectivity index (χ4n) is 2.25. The van der Waals surface area contributed by atoms with Crippen LogP contribution in [0.25, 0.3) is 0 Å². The maximum absolute atomic E-state index is 5.65. The van der Waals surface area contributed by atoms with Gasteiger partial charge in [-0.3, -0.25) is 0 Å². The van der Waals surface area contributed by atoms with Gasteiger partial charge in [-0.1, -0.05) is 64.7 Å². The summed E-state index contributed by atoms with van der Waals surface area (Å²) in [4.78, 5) is 2.38. The van der Waals surface area contributed by atoms with Crippen LogP contribution in [-0.4, -0.2) is 31.1 Å². The van der Waals surface area contributed by atoms with Crippen molar-refractivity contribution in [3.8, 4) is 0 Å². The van der Waals surface area contributed by atoms with Crippen LogP contribution in [0.3, 0.4) is 0 Å². The van der Waals surface area contributed by atoms with E-state index in [1.807, 2.05) is 0 Å². The number of unbranched alkanes of at least 4 members (excludes halogenated alkanes) is 9. The van der Waals surface area contributed by atoms with E-state index in [9.17, 15) is 0 Å². The van der Waals surface area contributed by atoms with Crippen molar-refractivity contribution in [3.63, 3.8) is 0 Å². The number of nitrogens with two attached hydrogens (primary N) is 1. The van der Waals surface area contributed by atoms with Gasteiger partial charge in [-0.05, 0) is 26.9 Å². The molecule has 0 saturated carbocycles. The van der Waals surface area contributed by atoms with Crippen LogP contribution in [0.1, 0.15) is 78.1 Å². The summed E-state index contributed by atoms with van der Waals surface area (Å²) < 4.78 is 0. The Morgan fingerprint density at radius 2 is 1.28 bits per heavy atom. The van der Waals surface area contributed by atoms with E-state index in [1.165, 1.54) is 70.8 Å². The summed E-state index contributed by atoms with van der Waals surface area (Å²) in [5.41, 5.74) is 5.65. The Morgan fingerprint density at radius 3 is 1.72 bits per heavy atom. The van der Waals surface area contributed by atoms with Crippen molar-refractivity contribution < 1.29 is 0 Å². The van der Waals surface area contributed by atoms with E-state index in [-0.39, 0.29) is 0 Å². The lowest BCUT2D eigenvalue weighted by Crippen LogP contribution is -2.35. The average molecular weight is 256 g/mol. The van der Waals surface area contributed by atoms with Gasteiger partial charge in [0.05, 0.1) is 0 Å². The Balaban J connectivity index is 3.11. The summed E-state index contributed by atoms with van der Waals surface area (Å²) in [5.74, 6) is 0. The molecular formula is C16H36N2. The molecule has 2 heteroatoms. The van der Waals surface area contributed by atoms with Gasteiger partial charge in [0.1, 0.15) is 0 Å². The van der Waals surface area contributed by atoms with Crippen molar-refractivity contribution in [1.29, 1.82) is 0 Å². The molecule has 0 spiro atoms. The van der Waals surface area contributed by atoms with Crippen molar-refractivity contribution >= 4 is 0 Å². The summed E-state index contributed by atoms with van der Waals surface area (Å²) in [6, 6.07) is 0.531. The first-order valence-electron chi connectivity index (χ1n) is 8.12. The molecular weight excluding hydrogens is 220 g/mol. The summed E-state index contributed by atoms with van der Waals surface area (Å²) >= 11 is 0. The largest absolute Gasteiger partial charge is 0.329 e. The molecule has 0 heterocycles. The van der Waals surface area contributed by atoms with Gasteiger partial charge >= 0.3 is 0 Å². The van der Waals surface area contributed by atoms with Gasteiger partial charge in [0.25, 0.3) is 0 Å². The van der Waals surface area contributed by atoms with Crippen LogP contribution >= 0.6 is 0 Å². The van der Waals surface area contributed by atoms with E-state index >= 15 is 0 Å². The zero-order valence-electron chi connectivity index (χ0n) is 13.1. The SMILES string of the molecule is CCCCCCCCCCCCN(C)C(C)CN. The normalized spacial score (nSPS) is 13.2. The van der Waals surface area contributed by atoms with Crippen molar-refractivity contribution in [3.05, 3.63) is 0 Å². The van der Waals surface area contributed by atoms with Crippen molar-refractivity contribution in [1.82, 2.24) is 4.90 Å². The molecule has 18 heavy (non-hydrogen) atoms. The fraction of sp³-hybridized carbons (Fsp3) is 1.00. The van der Waals surface area contributed by atoms with E-state index in [0.29, 0.717) is 6.04 Å². The van der Waals surface area contributed by atoms with Crippen LogP contribution < -0.4 is 5.73 Å². The lowest BCUT2D eigenvalue weighted by atomic mass is 10.1. The van der Waals surface area contributed by atoms with Crippen LogP contribution in [0.5, 0.6) is 0 Å². The zero-order chi connectivity index (χ0) is 13.6. The molecule has 1 atom stereocenters. The number of hydrogen-bond acceptors (Lipinski definition) is 2. The topological polar surface area (TPSA) is 29.3 Å². The minimum absolute atomic E-state index is 0.531. The van der Waals surface area contributed by atoms with Crippen molar-refractivity contribution in [2.75, 3.05) is 20.1 Å². The van der Waals surface area contributed by atoms with Gasteiger partial charge in [0.2, 0.25) is 0 Å². The van der Waals surface area contributed by atoms with Crippen LogP contribution in [0, 0.1) is 0 Å². The molecule has 0 bridgehead atoms. The molecule has 0 aromatic heterocycles. The van der Waals surface area contributed by atoms with Gasteiger partial charge in [-0.15, -0.1) is 0 Å². The van der Waals surface area contributed by atoms with Crippen molar-refractivity contribution in [2.45, 2.75) is 84.1 Å². The van der Waals surface area contributed by atoms with E-state index in [2.05, 4.69) is 25.8 Å². The second-order valence-corrected chi connectivity index (χ2v) is 5.75. The maximum atomic E-state index is 5.65. The number of likely N-dealkylation sites (N-methyl/N-ethyl adjacent to an activating group) is 1. The predicted molar refractivity (Wildman–Crippen MR) is 83.0 cm³/mol. The lowest BCUT2D eigenvalue weighted by Gasteiger charge is -2.22. The summed E-state index contributed by atoms with van der Waals surface area (Å²) in [6.07, 6.45) is 14.1. The van der Waals surface area contributed by atoms with Crippen LogP contribution in [0.15, 0.2) is 0 Å². The molecule has 0 aromatic carbocycles. The third kappa shape index (κ3) is 11.0. The van der Waals surface area contributed by atoms with E-state index < -0.39 is 0 Å². The maximum Gasteiger partial charge on any atom is 0.0187 e. The van der Waals surface area contributed by atoms with Gasteiger partial charge in [-0.2, -0.15) is 0 Å². The monoisotopic (exact) mass is 256 g/mol. The second kappa shape index (κ2) is 13.4. The fourth-order valence-corrected chi connectivity index (χ4v) is 2.25. The van der Waals surface area contributed by atoms with Crippen LogP contribution in [0.4, 0.5) is 0 Å². The van der Waals surface area contributed by atoms with Gasteiger partial charge in [-0.25, -0.2) is 0 Å². The molecule has 2 nitrogen and oxygen atoms in total. The summed E-state index contributed by atoms with van der Waals surface area (Å²) in [6.45, 7) is 6.46.